The topological polar surface area (TPSA) is 93.1 Å². The molecule has 0 aliphatic carbocycles. The van der Waals surface area contributed by atoms with Crippen molar-refractivity contribution in [1.29, 1.82) is 0 Å². The molecule has 6 nitrogen and oxygen atoms in total. The van der Waals surface area contributed by atoms with Gasteiger partial charge in [0, 0.05) is 18.1 Å². The fraction of sp³-hybridized carbons (Fsp3) is 0.0345. The van der Waals surface area contributed by atoms with Crippen LogP contribution >= 0.6 is 0 Å². The van der Waals surface area contributed by atoms with E-state index in [1.165, 1.54) is 13.0 Å². The highest BCUT2D eigenvalue weighted by Crippen LogP contribution is 2.46. The van der Waals surface area contributed by atoms with Crippen LogP contribution in [-0.4, -0.2) is 22.2 Å². The Morgan fingerprint density at radius 1 is 0.657 bits per heavy atom. The third-order valence-corrected chi connectivity index (χ3v) is 5.68. The number of rotatable bonds is 4. The summed E-state index contributed by atoms with van der Waals surface area (Å²) in [6, 6.07) is 25.6. The molecule has 0 heterocycles. The fourth-order valence-corrected chi connectivity index (χ4v) is 4.18. The van der Waals surface area contributed by atoms with Crippen LogP contribution in [0.2, 0.25) is 0 Å². The average Bonchev–Trinajstić information content (AvgIpc) is 2.84. The highest BCUT2D eigenvalue weighted by atomic mass is 16.5. The van der Waals surface area contributed by atoms with Crippen molar-refractivity contribution >= 4 is 33.5 Å². The Bertz CT molecular complexity index is 1610. The van der Waals surface area contributed by atoms with Crippen LogP contribution in [0.25, 0.3) is 32.7 Å². The van der Waals surface area contributed by atoms with Crippen molar-refractivity contribution in [3.63, 3.8) is 0 Å². The van der Waals surface area contributed by atoms with Crippen molar-refractivity contribution in [2.45, 2.75) is 6.92 Å². The molecule has 6 heteroatoms. The number of ether oxygens (including phenoxy) is 2. The molecule has 0 spiro atoms. The van der Waals surface area contributed by atoms with Gasteiger partial charge in [0.2, 0.25) is 0 Å². The Hall–Kier alpha value is -4.84. The van der Waals surface area contributed by atoms with Crippen molar-refractivity contribution in [2.24, 2.45) is 0 Å². The minimum atomic E-state index is -0.724. The van der Waals surface area contributed by atoms with Crippen molar-refractivity contribution in [3.8, 4) is 34.1 Å². The third-order valence-electron chi connectivity index (χ3n) is 5.68. The standard InChI is InChI=1S/C29H20O6/c1-17(30)34-21-12-13-23-19(15-21)11-14-25(31)26(23)27-22-10-6-5-7-18(22)16-24(28(27)32)29(33)35-20-8-3-2-4-9-20/h2-16,31-32H,1H3. The van der Waals surface area contributed by atoms with Crippen LogP contribution < -0.4 is 9.47 Å². The first-order valence-electron chi connectivity index (χ1n) is 10.9. The molecule has 0 aliphatic heterocycles. The number of phenols is 2. The number of hydrogen-bond acceptors (Lipinski definition) is 6. The molecule has 5 aromatic rings. The highest BCUT2D eigenvalue weighted by Gasteiger charge is 2.24. The molecule has 0 amide bonds. The van der Waals surface area contributed by atoms with Gasteiger partial charge in [0.15, 0.2) is 0 Å². The summed E-state index contributed by atoms with van der Waals surface area (Å²) in [6.07, 6.45) is 0. The zero-order valence-corrected chi connectivity index (χ0v) is 18.7. The van der Waals surface area contributed by atoms with E-state index in [4.69, 9.17) is 9.47 Å². The van der Waals surface area contributed by atoms with Gasteiger partial charge in [-0.2, -0.15) is 0 Å². The van der Waals surface area contributed by atoms with Crippen molar-refractivity contribution in [3.05, 3.63) is 96.6 Å². The van der Waals surface area contributed by atoms with E-state index in [-0.39, 0.29) is 17.1 Å². The minimum Gasteiger partial charge on any atom is -0.507 e. The molecule has 35 heavy (non-hydrogen) atoms. The second-order valence-electron chi connectivity index (χ2n) is 8.01. The monoisotopic (exact) mass is 464 g/mol. The van der Waals surface area contributed by atoms with Crippen LogP contribution in [0.15, 0.2) is 91.0 Å². The first-order valence-corrected chi connectivity index (χ1v) is 10.9. The molecule has 5 rings (SSSR count). The smallest absolute Gasteiger partial charge is 0.347 e. The van der Waals surface area contributed by atoms with Crippen LogP contribution in [-0.2, 0) is 4.79 Å². The van der Waals surface area contributed by atoms with Gasteiger partial charge >= 0.3 is 11.9 Å². The van der Waals surface area contributed by atoms with Crippen molar-refractivity contribution in [2.75, 3.05) is 0 Å². The third kappa shape index (κ3) is 4.13. The van der Waals surface area contributed by atoms with Gasteiger partial charge < -0.3 is 19.7 Å². The van der Waals surface area contributed by atoms with Crippen LogP contribution in [0, 0.1) is 0 Å². The SMILES string of the molecule is CC(=O)Oc1ccc2c(-c3c(O)c(C(=O)Oc4ccccc4)cc4ccccc34)c(O)ccc2c1. The van der Waals surface area contributed by atoms with Gasteiger partial charge in [-0.1, -0.05) is 48.5 Å². The minimum absolute atomic E-state index is 0.0320. The zero-order valence-electron chi connectivity index (χ0n) is 18.7. The lowest BCUT2D eigenvalue weighted by atomic mass is 9.90. The first kappa shape index (κ1) is 22.0. The molecular weight excluding hydrogens is 444 g/mol. The maximum atomic E-state index is 13.1. The molecule has 0 bridgehead atoms. The summed E-state index contributed by atoms with van der Waals surface area (Å²) in [5, 5.41) is 24.9. The lowest BCUT2D eigenvalue weighted by molar-refractivity contribution is -0.131. The van der Waals surface area contributed by atoms with Gasteiger partial charge in [-0.05, 0) is 64.0 Å². The zero-order chi connectivity index (χ0) is 24.5. The number of benzene rings is 5. The van der Waals surface area contributed by atoms with Gasteiger partial charge in [0.25, 0.3) is 0 Å². The van der Waals surface area contributed by atoms with Crippen LogP contribution in [0.5, 0.6) is 23.0 Å². The fourth-order valence-electron chi connectivity index (χ4n) is 4.18. The van der Waals surface area contributed by atoms with Gasteiger partial charge in [-0.25, -0.2) is 4.79 Å². The number of hydrogen-bond donors (Lipinski definition) is 2. The molecule has 0 atom stereocenters. The maximum absolute atomic E-state index is 13.1. The lowest BCUT2D eigenvalue weighted by Gasteiger charge is -2.17. The van der Waals surface area contributed by atoms with Crippen LogP contribution in [0.3, 0.4) is 0 Å². The summed E-state index contributed by atoms with van der Waals surface area (Å²) in [5.41, 5.74) is 0.613. The quantitative estimate of drug-likeness (QED) is 0.242. The molecule has 0 fully saturated rings. The molecule has 0 aromatic heterocycles. The highest BCUT2D eigenvalue weighted by molar-refractivity contribution is 6.13. The number of para-hydroxylation sites is 1. The first-order chi connectivity index (χ1) is 16.9. The van der Waals surface area contributed by atoms with E-state index in [1.807, 2.05) is 24.3 Å². The van der Waals surface area contributed by atoms with Gasteiger partial charge in [-0.3, -0.25) is 4.79 Å². The molecule has 0 saturated carbocycles. The van der Waals surface area contributed by atoms with E-state index < -0.39 is 11.9 Å². The molecule has 5 aromatic carbocycles. The second kappa shape index (κ2) is 8.83. The molecule has 0 saturated heterocycles. The Morgan fingerprint density at radius 3 is 2.11 bits per heavy atom. The summed E-state index contributed by atoms with van der Waals surface area (Å²) >= 11 is 0. The van der Waals surface area contributed by atoms with Crippen LogP contribution in [0.1, 0.15) is 17.3 Å². The number of phenolic OH excluding ortho intramolecular Hbond substituents is 2. The Morgan fingerprint density at radius 2 is 1.34 bits per heavy atom. The van der Waals surface area contributed by atoms with Crippen LogP contribution in [0.4, 0.5) is 0 Å². The number of carbonyl (C=O) groups excluding carboxylic acids is 2. The van der Waals surface area contributed by atoms with Gasteiger partial charge in [-0.15, -0.1) is 0 Å². The number of aromatic hydroxyl groups is 2. The second-order valence-corrected chi connectivity index (χ2v) is 8.01. The molecule has 2 N–H and O–H groups in total. The van der Waals surface area contributed by atoms with E-state index in [0.29, 0.717) is 44.2 Å². The Balaban J connectivity index is 1.74. The molecule has 0 aliphatic rings. The summed E-state index contributed by atoms with van der Waals surface area (Å²) in [5.74, 6) is -0.856. The summed E-state index contributed by atoms with van der Waals surface area (Å²) in [7, 11) is 0. The van der Waals surface area contributed by atoms with Gasteiger partial charge in [0.05, 0.1) is 0 Å². The van der Waals surface area contributed by atoms with E-state index >= 15 is 0 Å². The largest absolute Gasteiger partial charge is 0.507 e. The summed E-state index contributed by atoms with van der Waals surface area (Å²) in [4.78, 5) is 24.4. The van der Waals surface area contributed by atoms with E-state index in [2.05, 4.69) is 0 Å². The summed E-state index contributed by atoms with van der Waals surface area (Å²) < 4.78 is 10.7. The molecule has 0 unspecified atom stereocenters. The average molecular weight is 464 g/mol. The lowest BCUT2D eigenvalue weighted by Crippen LogP contribution is -2.09. The predicted octanol–water partition coefficient (Wildman–Crippen LogP) is 6.22. The maximum Gasteiger partial charge on any atom is 0.347 e. The Labute approximate surface area is 200 Å². The number of esters is 2. The number of carbonyl (C=O) groups is 2. The van der Waals surface area contributed by atoms with E-state index in [9.17, 15) is 19.8 Å². The van der Waals surface area contributed by atoms with E-state index in [0.717, 1.165) is 0 Å². The van der Waals surface area contributed by atoms with Crippen molar-refractivity contribution in [1.82, 2.24) is 0 Å². The predicted molar refractivity (Wildman–Crippen MR) is 133 cm³/mol. The molecular formula is C29H20O6. The number of fused-ring (bicyclic) bond motifs is 2. The summed E-state index contributed by atoms with van der Waals surface area (Å²) in [6.45, 7) is 1.32. The normalized spacial score (nSPS) is 10.9. The molecule has 0 radical (unpaired) electrons. The van der Waals surface area contributed by atoms with E-state index in [1.54, 1.807) is 60.7 Å². The Kier molecular flexibility index (Phi) is 5.55. The molecule has 172 valence electrons. The van der Waals surface area contributed by atoms with Gasteiger partial charge in [0.1, 0.15) is 28.6 Å². The van der Waals surface area contributed by atoms with Crippen molar-refractivity contribution < 1.29 is 29.3 Å².